The Hall–Kier alpha value is -1.07. The summed E-state index contributed by atoms with van der Waals surface area (Å²) < 4.78 is 11.4. The summed E-state index contributed by atoms with van der Waals surface area (Å²) in [7, 11) is 1.40. The Morgan fingerprint density at radius 2 is 1.88 bits per heavy atom. The van der Waals surface area contributed by atoms with Crippen LogP contribution in [0.1, 0.15) is 74.8 Å². The van der Waals surface area contributed by atoms with Crippen LogP contribution in [0.4, 0.5) is 0 Å². The average Bonchev–Trinajstić information content (AvgIpc) is 2.61. The van der Waals surface area contributed by atoms with Gasteiger partial charge in [0.1, 0.15) is 5.75 Å². The van der Waals surface area contributed by atoms with Gasteiger partial charge < -0.3 is 14.8 Å². The van der Waals surface area contributed by atoms with Gasteiger partial charge in [0, 0.05) is 28.5 Å². The number of benzene rings is 1. The molecule has 0 spiro atoms. The topological polar surface area (TPSA) is 47.6 Å². The van der Waals surface area contributed by atoms with E-state index in [1.165, 1.54) is 32.8 Å². The molecule has 1 aliphatic carbocycles. The number of esters is 1. The first-order valence-corrected chi connectivity index (χ1v) is 10.4. The van der Waals surface area contributed by atoms with Gasteiger partial charge in [0.25, 0.3) is 0 Å². The quantitative estimate of drug-likeness (QED) is 0.673. The van der Waals surface area contributed by atoms with E-state index >= 15 is 0 Å². The molecule has 1 N–H and O–H groups in total. The Morgan fingerprint density at radius 3 is 2.50 bits per heavy atom. The Bertz CT molecular complexity index is 660. The van der Waals surface area contributed by atoms with E-state index in [4.69, 9.17) is 9.47 Å². The summed E-state index contributed by atoms with van der Waals surface area (Å²) in [5.74, 6) is 1.26. The van der Waals surface area contributed by atoms with Gasteiger partial charge in [-0.15, -0.1) is 0 Å². The zero-order valence-corrected chi connectivity index (χ0v) is 17.8. The van der Waals surface area contributed by atoms with Gasteiger partial charge in [-0.1, -0.05) is 20.8 Å². The van der Waals surface area contributed by atoms with E-state index in [0.29, 0.717) is 23.6 Å². The van der Waals surface area contributed by atoms with Gasteiger partial charge >= 0.3 is 5.97 Å². The molecule has 1 aromatic carbocycles. The van der Waals surface area contributed by atoms with Crippen molar-refractivity contribution in [2.24, 2.45) is 11.3 Å². The van der Waals surface area contributed by atoms with Gasteiger partial charge in [-0.05, 0) is 65.1 Å². The number of carbonyl (C=O) groups is 1. The normalized spacial score (nSPS) is 26.0. The van der Waals surface area contributed by atoms with E-state index in [1.54, 1.807) is 6.07 Å². The molecule has 1 aromatic rings. The standard InChI is InChI=1S/C21H30BrNO3/c1-21(2,3)13-5-7-14(8-6-13)23-18-9-10-26-19-12-15(20(24)25-4)17(22)11-16(18)19/h11-14,18,23H,5-10H2,1-4H3. The van der Waals surface area contributed by atoms with Gasteiger partial charge in [0.05, 0.1) is 19.3 Å². The number of hydrogen-bond donors (Lipinski definition) is 1. The molecule has 1 fully saturated rings. The van der Waals surface area contributed by atoms with Crippen molar-refractivity contribution in [3.8, 4) is 5.75 Å². The van der Waals surface area contributed by atoms with Crippen molar-refractivity contribution in [1.82, 2.24) is 5.32 Å². The summed E-state index contributed by atoms with van der Waals surface area (Å²) in [6.07, 6.45) is 6.01. The molecule has 1 atom stereocenters. The number of nitrogens with one attached hydrogen (secondary N) is 1. The summed E-state index contributed by atoms with van der Waals surface area (Å²) in [5, 5.41) is 3.86. The number of methoxy groups -OCH3 is 1. The highest BCUT2D eigenvalue weighted by molar-refractivity contribution is 9.10. The van der Waals surface area contributed by atoms with Crippen LogP contribution < -0.4 is 10.1 Å². The molecule has 1 unspecified atom stereocenters. The van der Waals surface area contributed by atoms with Crippen LogP contribution in [-0.2, 0) is 4.74 Å². The molecule has 144 valence electrons. The second-order valence-electron chi connectivity index (χ2n) is 8.63. The average molecular weight is 424 g/mol. The molecule has 5 heteroatoms. The largest absolute Gasteiger partial charge is 0.493 e. The summed E-state index contributed by atoms with van der Waals surface area (Å²) in [4.78, 5) is 11.9. The summed E-state index contributed by atoms with van der Waals surface area (Å²) in [5.41, 5.74) is 2.05. The Balaban J connectivity index is 1.71. The molecule has 2 aliphatic rings. The Labute approximate surface area is 165 Å². The summed E-state index contributed by atoms with van der Waals surface area (Å²) >= 11 is 3.52. The number of rotatable bonds is 3. The van der Waals surface area contributed by atoms with Gasteiger partial charge in [0.15, 0.2) is 0 Å². The maximum Gasteiger partial charge on any atom is 0.339 e. The third-order valence-corrected chi connectivity index (χ3v) is 6.59. The van der Waals surface area contributed by atoms with E-state index in [1.807, 2.05) is 6.07 Å². The van der Waals surface area contributed by atoms with Crippen LogP contribution in [-0.4, -0.2) is 25.7 Å². The van der Waals surface area contributed by atoms with Crippen LogP contribution in [0.2, 0.25) is 0 Å². The molecule has 0 aromatic heterocycles. The molecular weight excluding hydrogens is 394 g/mol. The van der Waals surface area contributed by atoms with E-state index in [-0.39, 0.29) is 12.0 Å². The molecule has 26 heavy (non-hydrogen) atoms. The lowest BCUT2D eigenvalue weighted by Crippen LogP contribution is -2.39. The summed E-state index contributed by atoms with van der Waals surface area (Å²) in [6.45, 7) is 7.74. The van der Waals surface area contributed by atoms with Crippen molar-refractivity contribution < 1.29 is 14.3 Å². The number of hydrogen-bond acceptors (Lipinski definition) is 4. The van der Waals surface area contributed by atoms with E-state index in [9.17, 15) is 4.79 Å². The fourth-order valence-corrected chi connectivity index (χ4v) is 4.78. The van der Waals surface area contributed by atoms with E-state index in [2.05, 4.69) is 42.0 Å². The molecule has 0 saturated heterocycles. The minimum Gasteiger partial charge on any atom is -0.493 e. The second-order valence-corrected chi connectivity index (χ2v) is 9.49. The van der Waals surface area contributed by atoms with Crippen LogP contribution in [0, 0.1) is 11.3 Å². The molecular formula is C21H30BrNO3. The number of carbonyl (C=O) groups excluding carboxylic acids is 1. The molecule has 1 aliphatic heterocycles. The fourth-order valence-electron chi connectivity index (χ4n) is 4.26. The van der Waals surface area contributed by atoms with Crippen molar-refractivity contribution in [1.29, 1.82) is 0 Å². The number of fused-ring (bicyclic) bond motifs is 1. The van der Waals surface area contributed by atoms with Crippen LogP contribution >= 0.6 is 15.9 Å². The van der Waals surface area contributed by atoms with Gasteiger partial charge in [0.2, 0.25) is 0 Å². The lowest BCUT2D eigenvalue weighted by molar-refractivity contribution is 0.0598. The lowest BCUT2D eigenvalue weighted by atomic mass is 9.71. The van der Waals surface area contributed by atoms with Crippen molar-refractivity contribution in [3.05, 3.63) is 27.7 Å². The van der Waals surface area contributed by atoms with Crippen LogP contribution in [0.3, 0.4) is 0 Å². The highest BCUT2D eigenvalue weighted by Gasteiger charge is 2.32. The molecule has 0 radical (unpaired) electrons. The monoisotopic (exact) mass is 423 g/mol. The Morgan fingerprint density at radius 1 is 1.19 bits per heavy atom. The first-order valence-electron chi connectivity index (χ1n) is 9.60. The number of ether oxygens (including phenoxy) is 2. The minimum atomic E-state index is -0.348. The van der Waals surface area contributed by atoms with Crippen LogP contribution in [0.25, 0.3) is 0 Å². The predicted octanol–water partition coefficient (Wildman–Crippen LogP) is 5.25. The molecule has 0 bridgehead atoms. The van der Waals surface area contributed by atoms with Crippen LogP contribution in [0.15, 0.2) is 16.6 Å². The zero-order chi connectivity index (χ0) is 18.9. The second kappa shape index (κ2) is 7.89. The highest BCUT2D eigenvalue weighted by Crippen LogP contribution is 2.40. The molecule has 3 rings (SSSR count). The zero-order valence-electron chi connectivity index (χ0n) is 16.2. The summed E-state index contributed by atoms with van der Waals surface area (Å²) in [6, 6.07) is 4.65. The molecule has 4 nitrogen and oxygen atoms in total. The SMILES string of the molecule is COC(=O)c1cc2c(cc1Br)C(NC1CCC(C(C)(C)C)CC1)CCO2. The Kier molecular flexibility index (Phi) is 5.97. The third-order valence-electron chi connectivity index (χ3n) is 5.93. The van der Waals surface area contributed by atoms with Crippen molar-refractivity contribution in [2.45, 2.75) is 65.0 Å². The molecule has 1 heterocycles. The van der Waals surface area contributed by atoms with Crippen LogP contribution in [0.5, 0.6) is 5.75 Å². The van der Waals surface area contributed by atoms with E-state index in [0.717, 1.165) is 28.1 Å². The maximum absolute atomic E-state index is 11.9. The van der Waals surface area contributed by atoms with Crippen molar-refractivity contribution in [3.63, 3.8) is 0 Å². The number of halogens is 1. The van der Waals surface area contributed by atoms with Gasteiger partial charge in [-0.3, -0.25) is 0 Å². The highest BCUT2D eigenvalue weighted by atomic mass is 79.9. The molecule has 0 amide bonds. The van der Waals surface area contributed by atoms with Crippen molar-refractivity contribution in [2.75, 3.05) is 13.7 Å². The van der Waals surface area contributed by atoms with Gasteiger partial charge in [-0.25, -0.2) is 4.79 Å². The maximum atomic E-state index is 11.9. The van der Waals surface area contributed by atoms with E-state index < -0.39 is 0 Å². The predicted molar refractivity (Wildman–Crippen MR) is 107 cm³/mol. The first kappa shape index (κ1) is 19.7. The first-order chi connectivity index (χ1) is 12.3. The smallest absolute Gasteiger partial charge is 0.339 e. The van der Waals surface area contributed by atoms with Crippen molar-refractivity contribution >= 4 is 21.9 Å². The fraction of sp³-hybridized carbons (Fsp3) is 0.667. The lowest BCUT2D eigenvalue weighted by Gasteiger charge is -2.39. The third kappa shape index (κ3) is 4.25. The molecule has 1 saturated carbocycles. The van der Waals surface area contributed by atoms with Gasteiger partial charge in [-0.2, -0.15) is 0 Å². The minimum absolute atomic E-state index is 0.276.